The van der Waals surface area contributed by atoms with E-state index in [1.165, 1.54) is 0 Å². The average molecular weight is 350 g/mol. The standard InChI is InChI=1S/C19H26O6/c1-18(2)21-11-13-14(23-18)15-16(25-19(3,4)24-15)17(22-13)20-10-12-8-6-5-7-9-12/h5-9,13-17H,10-11H2,1-4H3/t13-,14-,15+,16+,17+/m1/s1. The zero-order valence-electron chi connectivity index (χ0n) is 15.1. The molecule has 1 aromatic carbocycles. The molecule has 0 unspecified atom stereocenters. The van der Waals surface area contributed by atoms with Crippen LogP contribution in [0, 0.1) is 0 Å². The molecule has 138 valence electrons. The summed E-state index contributed by atoms with van der Waals surface area (Å²) in [7, 11) is 0. The Hall–Kier alpha value is -1.02. The number of benzene rings is 1. The quantitative estimate of drug-likeness (QED) is 0.835. The highest BCUT2D eigenvalue weighted by atomic mass is 16.8. The van der Waals surface area contributed by atoms with Crippen LogP contribution in [0.5, 0.6) is 0 Å². The van der Waals surface area contributed by atoms with Crippen LogP contribution in [0.25, 0.3) is 0 Å². The molecule has 0 saturated carbocycles. The second-order valence-corrected chi connectivity index (χ2v) is 7.70. The summed E-state index contributed by atoms with van der Waals surface area (Å²) in [5.41, 5.74) is 1.08. The lowest BCUT2D eigenvalue weighted by Crippen LogP contribution is -2.63. The molecule has 25 heavy (non-hydrogen) atoms. The third-order valence-electron chi connectivity index (χ3n) is 4.70. The fourth-order valence-corrected chi connectivity index (χ4v) is 3.63. The number of hydrogen-bond donors (Lipinski definition) is 0. The lowest BCUT2D eigenvalue weighted by molar-refractivity contribution is -0.371. The van der Waals surface area contributed by atoms with Gasteiger partial charge in [-0.25, -0.2) is 0 Å². The van der Waals surface area contributed by atoms with Gasteiger partial charge in [-0.3, -0.25) is 0 Å². The van der Waals surface area contributed by atoms with Gasteiger partial charge in [0.2, 0.25) is 0 Å². The van der Waals surface area contributed by atoms with E-state index in [0.29, 0.717) is 13.2 Å². The van der Waals surface area contributed by atoms with Crippen LogP contribution in [0.15, 0.2) is 30.3 Å². The lowest BCUT2D eigenvalue weighted by atomic mass is 9.97. The third-order valence-corrected chi connectivity index (χ3v) is 4.70. The van der Waals surface area contributed by atoms with Crippen LogP contribution in [0.2, 0.25) is 0 Å². The second kappa shape index (κ2) is 6.30. The minimum atomic E-state index is -0.701. The Morgan fingerprint density at radius 1 is 0.920 bits per heavy atom. The van der Waals surface area contributed by atoms with Crippen molar-refractivity contribution in [3.8, 4) is 0 Å². The molecule has 3 aliphatic rings. The highest BCUT2D eigenvalue weighted by molar-refractivity contribution is 5.13. The molecule has 6 heteroatoms. The molecule has 0 amide bonds. The van der Waals surface area contributed by atoms with E-state index in [4.69, 9.17) is 28.4 Å². The van der Waals surface area contributed by atoms with E-state index in [0.717, 1.165) is 5.56 Å². The molecule has 5 atom stereocenters. The highest BCUT2D eigenvalue weighted by Gasteiger charge is 2.58. The maximum atomic E-state index is 6.14. The number of fused-ring (bicyclic) bond motifs is 3. The zero-order valence-corrected chi connectivity index (χ0v) is 15.1. The Morgan fingerprint density at radius 2 is 1.60 bits per heavy atom. The van der Waals surface area contributed by atoms with Gasteiger partial charge in [0, 0.05) is 0 Å². The molecule has 0 aliphatic carbocycles. The van der Waals surface area contributed by atoms with Gasteiger partial charge < -0.3 is 28.4 Å². The third kappa shape index (κ3) is 3.60. The van der Waals surface area contributed by atoms with Crippen molar-refractivity contribution in [3.63, 3.8) is 0 Å². The summed E-state index contributed by atoms with van der Waals surface area (Å²) >= 11 is 0. The van der Waals surface area contributed by atoms with Gasteiger partial charge in [0.1, 0.15) is 24.4 Å². The molecule has 0 N–H and O–H groups in total. The second-order valence-electron chi connectivity index (χ2n) is 7.70. The SMILES string of the molecule is CC1(C)O[C@@H]2[C@H](O1)[C@@H](OCc1ccccc1)O[C@@H]1COC(C)(C)O[C@@H]21. The van der Waals surface area contributed by atoms with Gasteiger partial charge in [-0.2, -0.15) is 0 Å². The first kappa shape index (κ1) is 17.4. The molecule has 3 saturated heterocycles. The summed E-state index contributed by atoms with van der Waals surface area (Å²) in [4.78, 5) is 0. The predicted octanol–water partition coefficient (Wildman–Crippen LogP) is 2.60. The van der Waals surface area contributed by atoms with Crippen molar-refractivity contribution in [3.05, 3.63) is 35.9 Å². The maximum absolute atomic E-state index is 6.14. The molecule has 0 spiro atoms. The van der Waals surface area contributed by atoms with Gasteiger partial charge >= 0.3 is 0 Å². The minimum absolute atomic E-state index is 0.243. The van der Waals surface area contributed by atoms with Gasteiger partial charge in [-0.15, -0.1) is 0 Å². The molecule has 0 bridgehead atoms. The van der Waals surface area contributed by atoms with Gasteiger partial charge in [-0.1, -0.05) is 30.3 Å². The van der Waals surface area contributed by atoms with E-state index in [1.54, 1.807) is 0 Å². The molecule has 3 fully saturated rings. The zero-order chi connectivity index (χ0) is 17.7. The van der Waals surface area contributed by atoms with Crippen LogP contribution in [0.4, 0.5) is 0 Å². The molecular formula is C19H26O6. The number of hydrogen-bond acceptors (Lipinski definition) is 6. The highest BCUT2D eigenvalue weighted by Crippen LogP contribution is 2.42. The van der Waals surface area contributed by atoms with Crippen LogP contribution in [-0.2, 0) is 35.0 Å². The van der Waals surface area contributed by atoms with E-state index in [1.807, 2.05) is 58.0 Å². The van der Waals surface area contributed by atoms with E-state index in [9.17, 15) is 0 Å². The largest absolute Gasteiger partial charge is 0.348 e. The lowest BCUT2D eigenvalue weighted by Gasteiger charge is -2.48. The number of rotatable bonds is 3. The Labute approximate surface area is 148 Å². The topological polar surface area (TPSA) is 55.4 Å². The van der Waals surface area contributed by atoms with Crippen LogP contribution in [0.3, 0.4) is 0 Å². The molecule has 4 rings (SSSR count). The Bertz CT molecular complexity index is 601. The van der Waals surface area contributed by atoms with Crippen LogP contribution in [-0.4, -0.2) is 48.9 Å². The Morgan fingerprint density at radius 3 is 2.36 bits per heavy atom. The van der Waals surface area contributed by atoms with Crippen LogP contribution in [0.1, 0.15) is 33.3 Å². The summed E-state index contributed by atoms with van der Waals surface area (Å²) in [6.45, 7) is 8.49. The first-order valence-electron chi connectivity index (χ1n) is 8.81. The molecule has 1 aromatic rings. The molecule has 3 heterocycles. The molecular weight excluding hydrogens is 324 g/mol. The monoisotopic (exact) mass is 350 g/mol. The van der Waals surface area contributed by atoms with Crippen molar-refractivity contribution in [1.29, 1.82) is 0 Å². The molecule has 0 aromatic heterocycles. The Balaban J connectivity index is 1.51. The molecule has 0 radical (unpaired) electrons. The molecule has 3 aliphatic heterocycles. The van der Waals surface area contributed by atoms with Crippen LogP contribution < -0.4 is 0 Å². The van der Waals surface area contributed by atoms with E-state index in [-0.39, 0.29) is 24.4 Å². The summed E-state index contributed by atoms with van der Waals surface area (Å²) < 4.78 is 36.2. The average Bonchev–Trinajstić information content (AvgIpc) is 2.89. The van der Waals surface area contributed by atoms with Crippen molar-refractivity contribution in [1.82, 2.24) is 0 Å². The first-order valence-corrected chi connectivity index (χ1v) is 8.81. The summed E-state index contributed by atoms with van der Waals surface area (Å²) in [6, 6.07) is 10.0. The Kier molecular flexibility index (Phi) is 4.38. The van der Waals surface area contributed by atoms with Crippen molar-refractivity contribution < 1.29 is 28.4 Å². The van der Waals surface area contributed by atoms with Crippen molar-refractivity contribution in [2.45, 2.75) is 76.6 Å². The number of ether oxygens (including phenoxy) is 6. The first-order chi connectivity index (χ1) is 11.8. The van der Waals surface area contributed by atoms with Crippen molar-refractivity contribution >= 4 is 0 Å². The minimum Gasteiger partial charge on any atom is -0.348 e. The normalized spacial score (nSPS) is 38.8. The summed E-state index contributed by atoms with van der Waals surface area (Å²) in [6.07, 6.45) is -1.60. The smallest absolute Gasteiger partial charge is 0.187 e. The summed E-state index contributed by atoms with van der Waals surface area (Å²) in [5, 5.41) is 0. The van der Waals surface area contributed by atoms with Gasteiger partial charge in [0.15, 0.2) is 17.9 Å². The van der Waals surface area contributed by atoms with Gasteiger partial charge in [0.05, 0.1) is 13.2 Å². The maximum Gasteiger partial charge on any atom is 0.187 e. The van der Waals surface area contributed by atoms with Gasteiger partial charge in [0.25, 0.3) is 0 Å². The van der Waals surface area contributed by atoms with Crippen molar-refractivity contribution in [2.75, 3.05) is 6.61 Å². The summed E-state index contributed by atoms with van der Waals surface area (Å²) in [5.74, 6) is -1.36. The predicted molar refractivity (Wildman–Crippen MR) is 88.6 cm³/mol. The molecule has 6 nitrogen and oxygen atoms in total. The van der Waals surface area contributed by atoms with Crippen LogP contribution >= 0.6 is 0 Å². The fourth-order valence-electron chi connectivity index (χ4n) is 3.63. The van der Waals surface area contributed by atoms with Crippen molar-refractivity contribution in [2.24, 2.45) is 0 Å². The fraction of sp³-hybridized carbons (Fsp3) is 0.684. The van der Waals surface area contributed by atoms with E-state index < -0.39 is 17.9 Å². The van der Waals surface area contributed by atoms with E-state index >= 15 is 0 Å². The van der Waals surface area contributed by atoms with E-state index in [2.05, 4.69) is 0 Å². The van der Waals surface area contributed by atoms with Gasteiger partial charge in [-0.05, 0) is 33.3 Å².